The van der Waals surface area contributed by atoms with Gasteiger partial charge in [-0.2, -0.15) is 0 Å². The number of hydrogen-bond donors (Lipinski definition) is 0. The number of amides is 1. The predicted octanol–water partition coefficient (Wildman–Crippen LogP) is 1.99. The van der Waals surface area contributed by atoms with Crippen molar-refractivity contribution in [3.8, 4) is 5.75 Å². The zero-order valence-electron chi connectivity index (χ0n) is 12.4. The topological polar surface area (TPSA) is 45.1 Å². The molecule has 1 aromatic rings. The van der Waals surface area contributed by atoms with Crippen LogP contribution in [-0.2, 0) is 0 Å². The Kier molecular flexibility index (Phi) is 4.08. The number of carbonyl (C=O) groups is 1. The first-order chi connectivity index (χ1) is 10.3. The van der Waals surface area contributed by atoms with Gasteiger partial charge in [-0.25, -0.2) is 0 Å². The highest BCUT2D eigenvalue weighted by atomic mass is 16.5. The summed E-state index contributed by atoms with van der Waals surface area (Å²) in [6.45, 7) is 3.33. The van der Waals surface area contributed by atoms with Crippen LogP contribution in [0.2, 0.25) is 0 Å². The Labute approximate surface area is 125 Å². The van der Waals surface area contributed by atoms with Gasteiger partial charge < -0.3 is 9.64 Å². The summed E-state index contributed by atoms with van der Waals surface area (Å²) in [5.41, 5.74) is 0.603. The molecule has 2 aliphatic rings. The molecule has 5 heteroatoms. The van der Waals surface area contributed by atoms with Gasteiger partial charge in [0.2, 0.25) is 5.96 Å². The van der Waals surface area contributed by atoms with Gasteiger partial charge in [0.15, 0.2) is 0 Å². The maximum Gasteiger partial charge on any atom is 0.264 e. The summed E-state index contributed by atoms with van der Waals surface area (Å²) in [5.74, 6) is 1.44. The van der Waals surface area contributed by atoms with E-state index in [4.69, 9.17) is 4.74 Å². The Morgan fingerprint density at radius 2 is 1.90 bits per heavy atom. The molecule has 21 heavy (non-hydrogen) atoms. The molecule has 0 aromatic heterocycles. The minimum absolute atomic E-state index is 0.0192. The Morgan fingerprint density at radius 1 is 1.14 bits per heavy atom. The van der Waals surface area contributed by atoms with Gasteiger partial charge in [-0.3, -0.25) is 14.7 Å². The molecule has 1 saturated heterocycles. The molecule has 0 spiro atoms. The lowest BCUT2D eigenvalue weighted by molar-refractivity contribution is 0.0838. The fourth-order valence-electron chi connectivity index (χ4n) is 2.96. The highest BCUT2D eigenvalue weighted by molar-refractivity contribution is 6.07. The molecule has 1 amide bonds. The molecule has 1 fully saturated rings. The zero-order valence-corrected chi connectivity index (χ0v) is 12.4. The second-order valence-electron chi connectivity index (χ2n) is 5.39. The van der Waals surface area contributed by atoms with E-state index in [1.165, 1.54) is 19.3 Å². The average molecular weight is 287 g/mol. The molecule has 0 unspecified atom stereocenters. The minimum Gasteiger partial charge on any atom is -0.496 e. The molecule has 1 aromatic carbocycles. The van der Waals surface area contributed by atoms with Gasteiger partial charge in [-0.1, -0.05) is 12.1 Å². The quantitative estimate of drug-likeness (QED) is 0.835. The van der Waals surface area contributed by atoms with Crippen molar-refractivity contribution in [2.24, 2.45) is 4.99 Å². The Bertz CT molecular complexity index is 550. The van der Waals surface area contributed by atoms with Gasteiger partial charge in [0.1, 0.15) is 5.75 Å². The smallest absolute Gasteiger partial charge is 0.264 e. The van der Waals surface area contributed by atoms with E-state index in [-0.39, 0.29) is 5.91 Å². The number of likely N-dealkylation sites (tertiary alicyclic amines) is 1. The zero-order chi connectivity index (χ0) is 14.7. The molecule has 112 valence electrons. The van der Waals surface area contributed by atoms with E-state index in [0.29, 0.717) is 24.4 Å². The lowest BCUT2D eigenvalue weighted by Crippen LogP contribution is -2.47. The Morgan fingerprint density at radius 3 is 2.67 bits per heavy atom. The van der Waals surface area contributed by atoms with Gasteiger partial charge in [0.05, 0.1) is 19.2 Å². The maximum atomic E-state index is 12.8. The van der Waals surface area contributed by atoms with Crippen LogP contribution in [0.1, 0.15) is 29.6 Å². The number of rotatable bonds is 2. The van der Waals surface area contributed by atoms with Crippen LogP contribution in [0.4, 0.5) is 0 Å². The first-order valence-corrected chi connectivity index (χ1v) is 7.55. The Hall–Kier alpha value is -2.04. The van der Waals surface area contributed by atoms with Gasteiger partial charge in [-0.15, -0.1) is 0 Å². The monoisotopic (exact) mass is 287 g/mol. The van der Waals surface area contributed by atoms with E-state index in [2.05, 4.69) is 9.89 Å². The molecule has 5 nitrogen and oxygen atoms in total. The molecule has 0 radical (unpaired) electrons. The highest BCUT2D eigenvalue weighted by Crippen LogP contribution is 2.22. The summed E-state index contributed by atoms with van der Waals surface area (Å²) < 4.78 is 5.31. The van der Waals surface area contributed by atoms with E-state index in [9.17, 15) is 4.79 Å². The van der Waals surface area contributed by atoms with Crippen LogP contribution in [0, 0.1) is 0 Å². The number of carbonyl (C=O) groups excluding carboxylic acids is 1. The molecular formula is C16H21N3O2. The maximum absolute atomic E-state index is 12.8. The number of piperidine rings is 1. The van der Waals surface area contributed by atoms with E-state index in [1.54, 1.807) is 12.0 Å². The predicted molar refractivity (Wildman–Crippen MR) is 81.8 cm³/mol. The summed E-state index contributed by atoms with van der Waals surface area (Å²) in [5, 5.41) is 0. The summed E-state index contributed by atoms with van der Waals surface area (Å²) in [4.78, 5) is 21.4. The van der Waals surface area contributed by atoms with E-state index in [0.717, 1.165) is 19.0 Å². The van der Waals surface area contributed by atoms with Crippen LogP contribution in [0.3, 0.4) is 0 Å². The Balaban J connectivity index is 1.82. The molecule has 0 N–H and O–H groups in total. The van der Waals surface area contributed by atoms with Crippen molar-refractivity contribution < 1.29 is 9.53 Å². The third kappa shape index (κ3) is 2.73. The van der Waals surface area contributed by atoms with Crippen LogP contribution >= 0.6 is 0 Å². The molecule has 0 atom stereocenters. The van der Waals surface area contributed by atoms with Gasteiger partial charge in [0, 0.05) is 19.6 Å². The molecule has 2 heterocycles. The van der Waals surface area contributed by atoms with E-state index >= 15 is 0 Å². The molecule has 0 aliphatic carbocycles. The summed E-state index contributed by atoms with van der Waals surface area (Å²) in [7, 11) is 1.59. The highest BCUT2D eigenvalue weighted by Gasteiger charge is 2.30. The number of benzene rings is 1. The fraction of sp³-hybridized carbons (Fsp3) is 0.500. The summed E-state index contributed by atoms with van der Waals surface area (Å²) >= 11 is 0. The molecular weight excluding hydrogens is 266 g/mol. The first kappa shape index (κ1) is 13.9. The van der Waals surface area contributed by atoms with Crippen molar-refractivity contribution in [2.45, 2.75) is 19.3 Å². The third-order valence-electron chi connectivity index (χ3n) is 4.04. The van der Waals surface area contributed by atoms with Crippen LogP contribution in [0.25, 0.3) is 0 Å². The first-order valence-electron chi connectivity index (χ1n) is 7.55. The average Bonchev–Trinajstić information content (AvgIpc) is 3.04. The fourth-order valence-corrected chi connectivity index (χ4v) is 2.96. The number of methoxy groups -OCH3 is 1. The number of ether oxygens (including phenoxy) is 1. The molecule has 0 saturated carbocycles. The lowest BCUT2D eigenvalue weighted by Gasteiger charge is -2.32. The van der Waals surface area contributed by atoms with Gasteiger partial charge >= 0.3 is 0 Å². The van der Waals surface area contributed by atoms with Gasteiger partial charge in [0.25, 0.3) is 5.91 Å². The van der Waals surface area contributed by atoms with Crippen LogP contribution in [-0.4, -0.2) is 55.0 Å². The standard InChI is InChI=1S/C16H21N3O2/c1-21-14-8-4-3-7-13(14)15(20)19-12-9-17-16(19)18-10-5-2-6-11-18/h3-4,7-8H,2,5-6,9-12H2,1H3. The van der Waals surface area contributed by atoms with E-state index in [1.807, 2.05) is 24.3 Å². The van der Waals surface area contributed by atoms with Crippen LogP contribution < -0.4 is 4.74 Å². The number of hydrogen-bond acceptors (Lipinski definition) is 4. The minimum atomic E-state index is -0.0192. The van der Waals surface area contributed by atoms with Crippen molar-refractivity contribution in [3.63, 3.8) is 0 Å². The number of aliphatic imine (C=N–C) groups is 1. The van der Waals surface area contributed by atoms with E-state index < -0.39 is 0 Å². The van der Waals surface area contributed by atoms with Crippen molar-refractivity contribution in [3.05, 3.63) is 29.8 Å². The second kappa shape index (κ2) is 6.16. The largest absolute Gasteiger partial charge is 0.496 e. The van der Waals surface area contributed by atoms with Crippen LogP contribution in [0.15, 0.2) is 29.3 Å². The third-order valence-corrected chi connectivity index (χ3v) is 4.04. The summed E-state index contributed by atoms with van der Waals surface area (Å²) in [6, 6.07) is 7.37. The summed E-state index contributed by atoms with van der Waals surface area (Å²) in [6.07, 6.45) is 3.62. The number of para-hydroxylation sites is 1. The SMILES string of the molecule is COc1ccccc1C(=O)N1CCN=C1N1CCCCC1. The molecule has 0 bridgehead atoms. The van der Waals surface area contributed by atoms with Crippen molar-refractivity contribution >= 4 is 11.9 Å². The van der Waals surface area contributed by atoms with Crippen molar-refractivity contribution in [1.82, 2.24) is 9.80 Å². The van der Waals surface area contributed by atoms with Crippen molar-refractivity contribution in [1.29, 1.82) is 0 Å². The normalized spacial score (nSPS) is 18.6. The molecule has 3 rings (SSSR count). The number of nitrogens with zero attached hydrogens (tertiary/aromatic N) is 3. The van der Waals surface area contributed by atoms with Gasteiger partial charge in [-0.05, 0) is 31.4 Å². The lowest BCUT2D eigenvalue weighted by atomic mass is 10.1. The second-order valence-corrected chi connectivity index (χ2v) is 5.39. The number of guanidine groups is 1. The van der Waals surface area contributed by atoms with Crippen molar-refractivity contribution in [2.75, 3.05) is 33.3 Å². The van der Waals surface area contributed by atoms with Crippen LogP contribution in [0.5, 0.6) is 5.75 Å². The molecule has 2 aliphatic heterocycles.